The summed E-state index contributed by atoms with van der Waals surface area (Å²) in [5, 5.41) is 1.02. The molecule has 1 aliphatic heterocycles. The smallest absolute Gasteiger partial charge is 0.356 e. The van der Waals surface area contributed by atoms with Crippen molar-refractivity contribution in [2.75, 3.05) is 30.8 Å². The van der Waals surface area contributed by atoms with Crippen LogP contribution in [0.2, 0.25) is 0 Å². The molecule has 4 rings (SSSR count). The summed E-state index contributed by atoms with van der Waals surface area (Å²) in [6.07, 6.45) is 1.45. The Morgan fingerprint density at radius 1 is 1.30 bits per heavy atom. The standard InChI is InChI=1S/C18H24F3N5S/c1-11-7-26(8-15(11)18(19,20)21)27-9-12-5-13(6-12)25(2)17-14-3-4-22-16(14)23-10-24-17/h3-4,10-13,15H,5-9H2,1-2H3,(H,22,23,24). The average Bonchev–Trinajstić information content (AvgIpc) is 3.18. The van der Waals surface area contributed by atoms with Gasteiger partial charge < -0.3 is 9.88 Å². The van der Waals surface area contributed by atoms with Gasteiger partial charge in [-0.25, -0.2) is 14.3 Å². The summed E-state index contributed by atoms with van der Waals surface area (Å²) < 4.78 is 40.9. The van der Waals surface area contributed by atoms with E-state index in [-0.39, 0.29) is 12.5 Å². The molecule has 1 saturated carbocycles. The maximum atomic E-state index is 13.0. The van der Waals surface area contributed by atoms with Crippen LogP contribution in [0.1, 0.15) is 19.8 Å². The lowest BCUT2D eigenvalue weighted by Gasteiger charge is -2.42. The Hall–Kier alpha value is -1.48. The first-order chi connectivity index (χ1) is 12.8. The van der Waals surface area contributed by atoms with Crippen LogP contribution in [0.3, 0.4) is 0 Å². The molecule has 2 fully saturated rings. The number of aromatic amines is 1. The molecule has 0 spiro atoms. The van der Waals surface area contributed by atoms with E-state index < -0.39 is 12.1 Å². The number of halogens is 3. The van der Waals surface area contributed by atoms with Gasteiger partial charge >= 0.3 is 6.18 Å². The second-order valence-electron chi connectivity index (χ2n) is 7.81. The van der Waals surface area contributed by atoms with Crippen LogP contribution in [0.4, 0.5) is 19.0 Å². The third kappa shape index (κ3) is 3.76. The number of rotatable bonds is 5. The molecule has 148 valence electrons. The van der Waals surface area contributed by atoms with Gasteiger partial charge in [-0.2, -0.15) is 13.2 Å². The van der Waals surface area contributed by atoms with Gasteiger partial charge in [-0.05, 0) is 30.7 Å². The van der Waals surface area contributed by atoms with Gasteiger partial charge in [-0.3, -0.25) is 0 Å². The van der Waals surface area contributed by atoms with Crippen molar-refractivity contribution in [1.29, 1.82) is 0 Å². The molecular weight excluding hydrogens is 375 g/mol. The molecule has 2 aromatic heterocycles. The van der Waals surface area contributed by atoms with Crippen LogP contribution in [0, 0.1) is 17.8 Å². The van der Waals surface area contributed by atoms with E-state index in [0.29, 0.717) is 18.5 Å². The molecule has 5 nitrogen and oxygen atoms in total. The number of H-pyrrole nitrogens is 1. The molecule has 1 N–H and O–H groups in total. The van der Waals surface area contributed by atoms with Crippen molar-refractivity contribution in [3.8, 4) is 0 Å². The Balaban J connectivity index is 1.26. The zero-order valence-electron chi connectivity index (χ0n) is 15.4. The molecule has 0 amide bonds. The van der Waals surface area contributed by atoms with Crippen LogP contribution in [0.5, 0.6) is 0 Å². The quantitative estimate of drug-likeness (QED) is 0.772. The van der Waals surface area contributed by atoms with E-state index in [1.165, 1.54) is 0 Å². The molecule has 2 aliphatic rings. The number of hydrogen-bond acceptors (Lipinski definition) is 5. The topological polar surface area (TPSA) is 48.1 Å². The van der Waals surface area contributed by atoms with Crippen LogP contribution in [0.25, 0.3) is 11.0 Å². The lowest BCUT2D eigenvalue weighted by Crippen LogP contribution is -2.44. The lowest BCUT2D eigenvalue weighted by molar-refractivity contribution is -0.178. The molecule has 1 aliphatic carbocycles. The highest BCUT2D eigenvalue weighted by Gasteiger charge is 2.48. The van der Waals surface area contributed by atoms with E-state index >= 15 is 0 Å². The van der Waals surface area contributed by atoms with Gasteiger partial charge in [0.2, 0.25) is 0 Å². The first kappa shape index (κ1) is 18.9. The number of aromatic nitrogens is 3. The predicted molar refractivity (Wildman–Crippen MR) is 102 cm³/mol. The van der Waals surface area contributed by atoms with Crippen molar-refractivity contribution in [1.82, 2.24) is 19.3 Å². The zero-order chi connectivity index (χ0) is 19.2. The minimum absolute atomic E-state index is 0.123. The number of anilines is 1. The Morgan fingerprint density at radius 2 is 2.07 bits per heavy atom. The van der Waals surface area contributed by atoms with Crippen molar-refractivity contribution in [2.45, 2.75) is 32.0 Å². The number of alkyl halides is 3. The van der Waals surface area contributed by atoms with E-state index in [1.807, 2.05) is 16.6 Å². The summed E-state index contributed by atoms with van der Waals surface area (Å²) >= 11 is 1.59. The van der Waals surface area contributed by atoms with Gasteiger partial charge in [0.05, 0.1) is 11.3 Å². The van der Waals surface area contributed by atoms with Crippen LogP contribution < -0.4 is 4.90 Å². The number of nitrogens with zero attached hydrogens (tertiary/aromatic N) is 4. The molecule has 27 heavy (non-hydrogen) atoms. The first-order valence-electron chi connectivity index (χ1n) is 9.28. The normalized spacial score (nSPS) is 29.2. The highest BCUT2D eigenvalue weighted by atomic mass is 32.2. The van der Waals surface area contributed by atoms with Crippen molar-refractivity contribution in [2.24, 2.45) is 17.8 Å². The van der Waals surface area contributed by atoms with Crippen molar-refractivity contribution in [3.05, 3.63) is 18.6 Å². The van der Waals surface area contributed by atoms with Gasteiger partial charge in [0, 0.05) is 38.1 Å². The average molecular weight is 399 g/mol. The minimum Gasteiger partial charge on any atom is -0.356 e. The van der Waals surface area contributed by atoms with E-state index in [9.17, 15) is 13.2 Å². The molecule has 0 radical (unpaired) electrons. The monoisotopic (exact) mass is 399 g/mol. The Kier molecular flexibility index (Phi) is 5.00. The number of hydrogen-bond donors (Lipinski definition) is 1. The Morgan fingerprint density at radius 3 is 2.78 bits per heavy atom. The highest BCUT2D eigenvalue weighted by Crippen LogP contribution is 2.42. The second kappa shape index (κ2) is 7.16. The summed E-state index contributed by atoms with van der Waals surface area (Å²) in [6, 6.07) is 2.41. The summed E-state index contributed by atoms with van der Waals surface area (Å²) in [5.74, 6) is 0.862. The fraction of sp³-hybridized carbons (Fsp3) is 0.667. The van der Waals surface area contributed by atoms with Crippen LogP contribution in [-0.4, -0.2) is 57.4 Å². The van der Waals surface area contributed by atoms with E-state index in [2.05, 4.69) is 26.9 Å². The Labute approximate surface area is 160 Å². The van der Waals surface area contributed by atoms with Gasteiger partial charge in [-0.15, -0.1) is 0 Å². The number of nitrogens with one attached hydrogen (secondary N) is 1. The van der Waals surface area contributed by atoms with E-state index in [0.717, 1.165) is 35.4 Å². The van der Waals surface area contributed by atoms with Gasteiger partial charge in [0.1, 0.15) is 17.8 Å². The fourth-order valence-corrected chi connectivity index (χ4v) is 5.43. The van der Waals surface area contributed by atoms with E-state index in [1.54, 1.807) is 25.2 Å². The fourth-order valence-electron chi connectivity index (χ4n) is 4.13. The van der Waals surface area contributed by atoms with Crippen molar-refractivity contribution in [3.63, 3.8) is 0 Å². The van der Waals surface area contributed by atoms with Crippen molar-refractivity contribution < 1.29 is 13.2 Å². The van der Waals surface area contributed by atoms with Crippen LogP contribution in [-0.2, 0) is 0 Å². The maximum absolute atomic E-state index is 13.0. The van der Waals surface area contributed by atoms with Crippen LogP contribution in [0.15, 0.2) is 18.6 Å². The molecule has 1 saturated heterocycles. The molecule has 2 unspecified atom stereocenters. The zero-order valence-corrected chi connectivity index (χ0v) is 16.2. The Bertz CT molecular complexity index is 789. The summed E-state index contributed by atoms with van der Waals surface area (Å²) in [7, 11) is 2.05. The predicted octanol–water partition coefficient (Wildman–Crippen LogP) is 3.95. The first-order valence-corrected chi connectivity index (χ1v) is 10.2. The summed E-state index contributed by atoms with van der Waals surface area (Å²) in [6.45, 7) is 2.35. The second-order valence-corrected chi connectivity index (χ2v) is 8.92. The highest BCUT2D eigenvalue weighted by molar-refractivity contribution is 7.97. The SMILES string of the molecule is CC1CN(SCC2CC(N(C)c3ncnc4[nH]ccc34)C2)CC1C(F)(F)F. The summed E-state index contributed by atoms with van der Waals surface area (Å²) in [5.41, 5.74) is 0.834. The minimum atomic E-state index is -4.08. The number of fused-ring (bicyclic) bond motifs is 1. The molecule has 2 aromatic rings. The van der Waals surface area contributed by atoms with Gasteiger partial charge in [0.15, 0.2) is 0 Å². The van der Waals surface area contributed by atoms with E-state index in [4.69, 9.17) is 0 Å². The van der Waals surface area contributed by atoms with Crippen molar-refractivity contribution >= 4 is 28.8 Å². The molecule has 9 heteroatoms. The molecule has 0 bridgehead atoms. The molecule has 0 aromatic carbocycles. The largest absolute Gasteiger partial charge is 0.393 e. The third-order valence-corrected chi connectivity index (χ3v) is 7.20. The van der Waals surface area contributed by atoms with Gasteiger partial charge in [0.25, 0.3) is 0 Å². The molecule has 3 heterocycles. The maximum Gasteiger partial charge on any atom is 0.393 e. The van der Waals surface area contributed by atoms with Gasteiger partial charge in [-0.1, -0.05) is 18.9 Å². The summed E-state index contributed by atoms with van der Waals surface area (Å²) in [4.78, 5) is 14.0. The third-order valence-electron chi connectivity index (χ3n) is 5.92. The molecule has 2 atom stereocenters. The van der Waals surface area contributed by atoms with Crippen LogP contribution >= 0.6 is 11.9 Å². The lowest BCUT2D eigenvalue weighted by atomic mass is 9.81. The molecular formula is C18H24F3N5S.